The van der Waals surface area contributed by atoms with Crippen LogP contribution >= 0.6 is 12.2 Å². The second-order valence-electron chi connectivity index (χ2n) is 7.71. The molecule has 1 aliphatic rings. The zero-order chi connectivity index (χ0) is 25.6. The van der Waals surface area contributed by atoms with E-state index in [4.69, 9.17) is 12.2 Å². The highest BCUT2D eigenvalue weighted by molar-refractivity contribution is 7.80. The smallest absolute Gasteiger partial charge is 0.406 e. The molecular weight excluding hydrogens is 498 g/mol. The Morgan fingerprint density at radius 1 is 0.914 bits per heavy atom. The van der Waals surface area contributed by atoms with E-state index in [0.29, 0.717) is 43.4 Å². The van der Waals surface area contributed by atoms with Crippen LogP contribution in [0.2, 0.25) is 0 Å². The van der Waals surface area contributed by atoms with Crippen molar-refractivity contribution in [1.29, 1.82) is 0 Å². The second-order valence-corrected chi connectivity index (χ2v) is 8.10. The Labute approximate surface area is 202 Å². The number of amides is 1. The number of para-hydroxylation sites is 1. The van der Waals surface area contributed by atoms with Gasteiger partial charge in [0.25, 0.3) is 0 Å². The molecule has 3 rings (SSSR count). The van der Waals surface area contributed by atoms with Gasteiger partial charge in [0.1, 0.15) is 5.75 Å². The Kier molecular flexibility index (Phi) is 8.43. The van der Waals surface area contributed by atoms with Crippen molar-refractivity contribution >= 4 is 34.6 Å². The highest BCUT2D eigenvalue weighted by Crippen LogP contribution is 2.34. The fraction of sp³-hybridized carbons (Fsp3) is 0.364. The third-order valence-corrected chi connectivity index (χ3v) is 5.45. The minimum Gasteiger partial charge on any atom is -0.406 e. The number of carbonyl (C=O) groups is 1. The van der Waals surface area contributed by atoms with E-state index < -0.39 is 24.0 Å². The number of halogens is 6. The van der Waals surface area contributed by atoms with Crippen molar-refractivity contribution in [1.82, 2.24) is 9.80 Å². The predicted molar refractivity (Wildman–Crippen MR) is 122 cm³/mol. The molecule has 0 bridgehead atoms. The van der Waals surface area contributed by atoms with Gasteiger partial charge in [-0.15, -0.1) is 13.2 Å². The van der Waals surface area contributed by atoms with Crippen molar-refractivity contribution in [2.45, 2.75) is 19.0 Å². The minimum absolute atomic E-state index is 0.0825. The number of anilines is 2. The molecule has 2 aromatic carbocycles. The van der Waals surface area contributed by atoms with Crippen LogP contribution in [0.15, 0.2) is 48.5 Å². The number of nitrogens with zero attached hydrogens (tertiary/aromatic N) is 2. The Morgan fingerprint density at radius 3 is 2.26 bits per heavy atom. The Morgan fingerprint density at radius 2 is 1.60 bits per heavy atom. The molecule has 0 aliphatic carbocycles. The number of rotatable bonds is 5. The van der Waals surface area contributed by atoms with Gasteiger partial charge in [0.15, 0.2) is 5.11 Å². The molecule has 2 aromatic rings. The molecule has 1 heterocycles. The molecule has 1 fully saturated rings. The number of thiocarbonyl (C=S) groups is 1. The third kappa shape index (κ3) is 8.28. The monoisotopic (exact) mass is 520 g/mol. The predicted octanol–water partition coefficient (Wildman–Crippen LogP) is 4.95. The van der Waals surface area contributed by atoms with Gasteiger partial charge in [-0.25, -0.2) is 0 Å². The van der Waals surface area contributed by atoms with Crippen molar-refractivity contribution < 1.29 is 35.9 Å². The standard InChI is InChI=1S/C22H22F6N4O2S/c23-21(24,25)17-4-1-2-5-18(17)30-19(33)14-31-10-3-11-32(13-12-31)20(35)29-15-6-8-16(9-7-15)34-22(26,27)28/h1-2,4-9H,3,10-14H2,(H,29,35)(H,30,33). The zero-order valence-electron chi connectivity index (χ0n) is 18.2. The summed E-state index contributed by atoms with van der Waals surface area (Å²) in [5.74, 6) is -0.910. The Hall–Kier alpha value is -3.06. The lowest BCUT2D eigenvalue weighted by atomic mass is 10.1. The van der Waals surface area contributed by atoms with E-state index in [1.807, 2.05) is 9.80 Å². The molecule has 190 valence electrons. The summed E-state index contributed by atoms with van der Waals surface area (Å²) in [4.78, 5) is 16.1. The van der Waals surface area contributed by atoms with Crippen LogP contribution in [0.5, 0.6) is 5.75 Å². The fourth-order valence-corrected chi connectivity index (χ4v) is 3.81. The average Bonchev–Trinajstić information content (AvgIpc) is 2.99. The van der Waals surface area contributed by atoms with Gasteiger partial charge < -0.3 is 20.3 Å². The van der Waals surface area contributed by atoms with Crippen LogP contribution < -0.4 is 15.4 Å². The van der Waals surface area contributed by atoms with Crippen LogP contribution in [0.1, 0.15) is 12.0 Å². The topological polar surface area (TPSA) is 56.8 Å². The Bertz CT molecular complexity index is 1030. The number of hydrogen-bond donors (Lipinski definition) is 2. The van der Waals surface area contributed by atoms with Gasteiger partial charge in [-0.3, -0.25) is 9.69 Å². The van der Waals surface area contributed by atoms with E-state index >= 15 is 0 Å². The quantitative estimate of drug-likeness (QED) is 0.430. The van der Waals surface area contributed by atoms with Gasteiger partial charge in [0.05, 0.1) is 17.8 Å². The summed E-state index contributed by atoms with van der Waals surface area (Å²) in [6.07, 6.45) is -8.71. The van der Waals surface area contributed by atoms with Crippen molar-refractivity contribution in [2.24, 2.45) is 0 Å². The maximum Gasteiger partial charge on any atom is 0.573 e. The number of carbonyl (C=O) groups excluding carboxylic acids is 1. The highest BCUT2D eigenvalue weighted by atomic mass is 32.1. The van der Waals surface area contributed by atoms with E-state index in [1.165, 1.54) is 30.3 Å². The van der Waals surface area contributed by atoms with Crippen molar-refractivity contribution in [2.75, 3.05) is 43.4 Å². The van der Waals surface area contributed by atoms with Gasteiger partial charge in [0, 0.05) is 31.9 Å². The molecule has 6 nitrogen and oxygen atoms in total. The summed E-state index contributed by atoms with van der Waals surface area (Å²) >= 11 is 5.40. The molecule has 1 saturated heterocycles. The molecule has 0 spiro atoms. The van der Waals surface area contributed by atoms with Crippen LogP contribution in [-0.4, -0.2) is 59.9 Å². The number of nitrogens with one attached hydrogen (secondary N) is 2. The molecule has 35 heavy (non-hydrogen) atoms. The summed E-state index contributed by atoms with van der Waals surface area (Å²) in [6.45, 7) is 1.91. The van der Waals surface area contributed by atoms with Gasteiger partial charge in [0.2, 0.25) is 5.91 Å². The minimum atomic E-state index is -4.78. The van der Waals surface area contributed by atoms with Crippen molar-refractivity contribution in [3.63, 3.8) is 0 Å². The number of alkyl halides is 6. The fourth-order valence-electron chi connectivity index (χ4n) is 3.51. The first-order valence-electron chi connectivity index (χ1n) is 10.5. The molecule has 0 atom stereocenters. The maximum atomic E-state index is 13.1. The van der Waals surface area contributed by atoms with E-state index in [2.05, 4.69) is 15.4 Å². The van der Waals surface area contributed by atoms with Gasteiger partial charge in [-0.1, -0.05) is 12.1 Å². The molecule has 0 aromatic heterocycles. The summed E-state index contributed by atoms with van der Waals surface area (Å²) in [6, 6.07) is 9.92. The molecule has 0 unspecified atom stereocenters. The molecule has 2 N–H and O–H groups in total. The lowest BCUT2D eigenvalue weighted by molar-refractivity contribution is -0.274. The summed E-state index contributed by atoms with van der Waals surface area (Å²) in [7, 11) is 0. The highest BCUT2D eigenvalue weighted by Gasteiger charge is 2.34. The first kappa shape index (κ1) is 26.5. The maximum absolute atomic E-state index is 13.1. The first-order valence-corrected chi connectivity index (χ1v) is 10.9. The lowest BCUT2D eigenvalue weighted by Crippen LogP contribution is -2.39. The van der Waals surface area contributed by atoms with E-state index in [1.54, 1.807) is 0 Å². The van der Waals surface area contributed by atoms with Crippen molar-refractivity contribution in [3.8, 4) is 5.75 Å². The summed E-state index contributed by atoms with van der Waals surface area (Å²) in [5.41, 5.74) is -0.725. The average molecular weight is 520 g/mol. The van der Waals surface area contributed by atoms with Crippen LogP contribution in [-0.2, 0) is 11.0 Å². The number of benzene rings is 2. The van der Waals surface area contributed by atoms with Gasteiger partial charge in [-0.2, -0.15) is 13.2 Å². The SMILES string of the molecule is O=C(CN1CCCN(C(=S)Nc2ccc(OC(F)(F)F)cc2)CC1)Nc1ccccc1C(F)(F)F. The lowest BCUT2D eigenvalue weighted by Gasteiger charge is -2.24. The number of hydrogen-bond acceptors (Lipinski definition) is 4. The number of ether oxygens (including phenoxy) is 1. The molecule has 0 saturated carbocycles. The molecule has 1 amide bonds. The third-order valence-electron chi connectivity index (χ3n) is 5.09. The Balaban J connectivity index is 1.50. The zero-order valence-corrected chi connectivity index (χ0v) is 19.1. The normalized spacial score (nSPS) is 15.3. The van der Waals surface area contributed by atoms with E-state index in [-0.39, 0.29) is 18.0 Å². The van der Waals surface area contributed by atoms with E-state index in [0.717, 1.165) is 18.2 Å². The van der Waals surface area contributed by atoms with Gasteiger partial charge >= 0.3 is 12.5 Å². The summed E-state index contributed by atoms with van der Waals surface area (Å²) < 4.78 is 80.1. The second kappa shape index (κ2) is 11.1. The van der Waals surface area contributed by atoms with Crippen LogP contribution in [0, 0.1) is 0 Å². The first-order chi connectivity index (χ1) is 16.4. The molecule has 1 aliphatic heterocycles. The van der Waals surface area contributed by atoms with Crippen LogP contribution in [0.3, 0.4) is 0 Å². The van der Waals surface area contributed by atoms with Gasteiger partial charge in [-0.05, 0) is 55.0 Å². The molecule has 13 heteroatoms. The largest absolute Gasteiger partial charge is 0.573 e. The molecule has 0 radical (unpaired) electrons. The van der Waals surface area contributed by atoms with Crippen LogP contribution in [0.25, 0.3) is 0 Å². The molecular formula is C22H22F6N4O2S. The van der Waals surface area contributed by atoms with E-state index in [9.17, 15) is 31.1 Å². The van der Waals surface area contributed by atoms with Crippen LogP contribution in [0.4, 0.5) is 37.7 Å². The summed E-state index contributed by atoms with van der Waals surface area (Å²) in [5, 5.41) is 5.65. The van der Waals surface area contributed by atoms with Crippen molar-refractivity contribution in [3.05, 3.63) is 54.1 Å².